The second kappa shape index (κ2) is 7.77. The highest BCUT2D eigenvalue weighted by atomic mass is 32.1. The van der Waals surface area contributed by atoms with Crippen LogP contribution in [-0.2, 0) is 0 Å². The van der Waals surface area contributed by atoms with Crippen LogP contribution < -0.4 is 10.1 Å². The summed E-state index contributed by atoms with van der Waals surface area (Å²) in [5.74, 6) is 0.651. The summed E-state index contributed by atoms with van der Waals surface area (Å²) >= 11 is 1.79. The quantitative estimate of drug-likeness (QED) is 0.905. The van der Waals surface area contributed by atoms with Gasteiger partial charge in [-0.2, -0.15) is 0 Å². The number of ether oxygens (including phenoxy) is 1. The predicted molar refractivity (Wildman–Crippen MR) is 95.5 cm³/mol. The summed E-state index contributed by atoms with van der Waals surface area (Å²) in [5, 5.41) is 5.19. The molecule has 24 heavy (non-hydrogen) atoms. The second-order valence-electron chi connectivity index (χ2n) is 6.11. The van der Waals surface area contributed by atoms with Crippen LogP contribution in [0.3, 0.4) is 0 Å². The zero-order chi connectivity index (χ0) is 16.9. The lowest BCUT2D eigenvalue weighted by molar-refractivity contribution is 0.0892. The molecule has 1 saturated heterocycles. The number of carbonyl (C=O) groups excluding carboxylic acids is 1. The molecule has 1 N–H and O–H groups in total. The highest BCUT2D eigenvalue weighted by Crippen LogP contribution is 2.36. The molecule has 1 amide bonds. The van der Waals surface area contributed by atoms with Crippen molar-refractivity contribution in [3.63, 3.8) is 0 Å². The van der Waals surface area contributed by atoms with E-state index >= 15 is 0 Å². The molecule has 0 radical (unpaired) electrons. The highest BCUT2D eigenvalue weighted by Gasteiger charge is 2.31. The molecular weight excluding hydrogens is 322 g/mol. The number of methoxy groups -OCH3 is 1. The van der Waals surface area contributed by atoms with Gasteiger partial charge in [0.2, 0.25) is 5.88 Å². The lowest BCUT2D eigenvalue weighted by Crippen LogP contribution is -2.41. The molecule has 1 aliphatic heterocycles. The van der Waals surface area contributed by atoms with Crippen LogP contribution in [0.25, 0.3) is 0 Å². The van der Waals surface area contributed by atoms with Crippen molar-refractivity contribution in [2.24, 2.45) is 5.92 Å². The van der Waals surface area contributed by atoms with Crippen LogP contribution in [0.2, 0.25) is 0 Å². The molecule has 1 fully saturated rings. The first-order valence-corrected chi connectivity index (χ1v) is 9.09. The number of hydrogen-bond acceptors (Lipinski definition) is 5. The van der Waals surface area contributed by atoms with Crippen LogP contribution >= 0.6 is 11.3 Å². The van der Waals surface area contributed by atoms with Crippen molar-refractivity contribution < 1.29 is 9.53 Å². The lowest BCUT2D eigenvalue weighted by Gasteiger charge is -2.38. The minimum absolute atomic E-state index is 0.127. The van der Waals surface area contributed by atoms with Crippen LogP contribution in [0.4, 0.5) is 0 Å². The summed E-state index contributed by atoms with van der Waals surface area (Å²) in [7, 11) is 3.70. The Kier molecular flexibility index (Phi) is 5.48. The Morgan fingerprint density at radius 3 is 3.08 bits per heavy atom. The predicted octanol–water partition coefficient (Wildman–Crippen LogP) is 2.96. The molecule has 2 atom stereocenters. The molecular formula is C18H23N3O2S. The highest BCUT2D eigenvalue weighted by molar-refractivity contribution is 7.10. The van der Waals surface area contributed by atoms with Crippen LogP contribution in [0.15, 0.2) is 35.8 Å². The van der Waals surface area contributed by atoms with Crippen molar-refractivity contribution in [1.82, 2.24) is 15.2 Å². The number of nitrogens with one attached hydrogen (secondary N) is 1. The van der Waals surface area contributed by atoms with Crippen LogP contribution in [-0.4, -0.2) is 43.0 Å². The number of carbonyl (C=O) groups is 1. The van der Waals surface area contributed by atoms with E-state index in [1.807, 2.05) is 0 Å². The van der Waals surface area contributed by atoms with Gasteiger partial charge in [0.25, 0.3) is 5.91 Å². The molecule has 2 aromatic heterocycles. The Balaban J connectivity index is 1.69. The Labute approximate surface area is 146 Å². The summed E-state index contributed by atoms with van der Waals surface area (Å²) < 4.78 is 5.18. The van der Waals surface area contributed by atoms with E-state index in [2.05, 4.69) is 39.8 Å². The average Bonchev–Trinajstić information content (AvgIpc) is 3.13. The fourth-order valence-electron chi connectivity index (χ4n) is 3.43. The Hall–Kier alpha value is -1.92. The second-order valence-corrected chi connectivity index (χ2v) is 7.09. The van der Waals surface area contributed by atoms with Crippen molar-refractivity contribution in [3.8, 4) is 5.88 Å². The number of nitrogens with zero attached hydrogens (tertiary/aromatic N) is 2. The Morgan fingerprint density at radius 2 is 2.33 bits per heavy atom. The number of piperidine rings is 1. The monoisotopic (exact) mass is 345 g/mol. The van der Waals surface area contributed by atoms with E-state index in [1.54, 1.807) is 29.7 Å². The van der Waals surface area contributed by atoms with Gasteiger partial charge in [0.05, 0.1) is 7.11 Å². The minimum Gasteiger partial charge on any atom is -0.480 e. The maximum Gasteiger partial charge on any atom is 0.256 e. The topological polar surface area (TPSA) is 54.5 Å². The molecule has 2 unspecified atom stereocenters. The third kappa shape index (κ3) is 3.60. The molecule has 3 heterocycles. The minimum atomic E-state index is -0.127. The number of pyridine rings is 1. The molecule has 3 rings (SSSR count). The summed E-state index contributed by atoms with van der Waals surface area (Å²) in [5.41, 5.74) is 0.483. The van der Waals surface area contributed by atoms with E-state index in [0.29, 0.717) is 29.9 Å². The summed E-state index contributed by atoms with van der Waals surface area (Å²) in [6.07, 6.45) is 3.91. The van der Waals surface area contributed by atoms with E-state index < -0.39 is 0 Å². The van der Waals surface area contributed by atoms with Crippen molar-refractivity contribution in [2.75, 3.05) is 27.2 Å². The van der Waals surface area contributed by atoms with Crippen molar-refractivity contribution >= 4 is 17.2 Å². The van der Waals surface area contributed by atoms with Crippen molar-refractivity contribution in [1.29, 1.82) is 0 Å². The number of rotatable bonds is 5. The number of amides is 1. The van der Waals surface area contributed by atoms with Gasteiger partial charge in [0.15, 0.2) is 0 Å². The number of hydrogen-bond donors (Lipinski definition) is 1. The van der Waals surface area contributed by atoms with Crippen molar-refractivity contribution in [3.05, 3.63) is 46.3 Å². The fraction of sp³-hybridized carbons (Fsp3) is 0.444. The molecule has 2 aromatic rings. The normalized spacial score (nSPS) is 21.4. The van der Waals surface area contributed by atoms with Gasteiger partial charge in [-0.1, -0.05) is 6.07 Å². The SMILES string of the molecule is COc1ncccc1C(=O)NCC1CCCN(C)C1c1cccs1. The van der Waals surface area contributed by atoms with Crippen LogP contribution in [0.5, 0.6) is 5.88 Å². The molecule has 1 aliphatic rings. The van der Waals surface area contributed by atoms with E-state index in [4.69, 9.17) is 4.74 Å². The fourth-order valence-corrected chi connectivity index (χ4v) is 4.41. The van der Waals surface area contributed by atoms with E-state index in [1.165, 1.54) is 12.0 Å². The van der Waals surface area contributed by atoms with Gasteiger partial charge in [-0.05, 0) is 55.9 Å². The van der Waals surface area contributed by atoms with Gasteiger partial charge in [0, 0.05) is 23.7 Å². The van der Waals surface area contributed by atoms with Gasteiger partial charge in [-0.15, -0.1) is 11.3 Å². The molecule has 0 aromatic carbocycles. The van der Waals surface area contributed by atoms with Crippen LogP contribution in [0.1, 0.15) is 34.1 Å². The van der Waals surface area contributed by atoms with Crippen molar-refractivity contribution in [2.45, 2.75) is 18.9 Å². The van der Waals surface area contributed by atoms with Gasteiger partial charge in [0.1, 0.15) is 5.56 Å². The molecule has 0 spiro atoms. The standard InChI is InChI=1S/C18H23N3O2S/c1-21-10-4-6-13(16(21)15-8-5-11-24-15)12-20-17(22)14-7-3-9-19-18(14)23-2/h3,5,7-9,11,13,16H,4,6,10,12H2,1-2H3,(H,20,22). The zero-order valence-corrected chi connectivity index (χ0v) is 14.9. The first-order chi connectivity index (χ1) is 11.7. The summed E-state index contributed by atoms with van der Waals surface area (Å²) in [6.45, 7) is 1.76. The average molecular weight is 345 g/mol. The first-order valence-electron chi connectivity index (χ1n) is 8.21. The van der Waals surface area contributed by atoms with E-state index in [0.717, 1.165) is 19.4 Å². The largest absolute Gasteiger partial charge is 0.480 e. The molecule has 0 aliphatic carbocycles. The molecule has 0 saturated carbocycles. The van der Waals surface area contributed by atoms with E-state index in [-0.39, 0.29) is 5.91 Å². The number of likely N-dealkylation sites (tertiary alicyclic amines) is 1. The third-order valence-electron chi connectivity index (χ3n) is 4.58. The van der Waals surface area contributed by atoms with Gasteiger partial charge in [-0.3, -0.25) is 9.69 Å². The number of thiophene rings is 1. The molecule has 0 bridgehead atoms. The van der Waals surface area contributed by atoms with Gasteiger partial charge >= 0.3 is 0 Å². The van der Waals surface area contributed by atoms with E-state index in [9.17, 15) is 4.79 Å². The van der Waals surface area contributed by atoms with Gasteiger partial charge < -0.3 is 10.1 Å². The first kappa shape index (κ1) is 16.9. The smallest absolute Gasteiger partial charge is 0.256 e. The molecule has 5 nitrogen and oxygen atoms in total. The zero-order valence-electron chi connectivity index (χ0n) is 14.1. The summed E-state index contributed by atoms with van der Waals surface area (Å²) in [6, 6.07) is 8.15. The van der Waals surface area contributed by atoms with Gasteiger partial charge in [-0.25, -0.2) is 4.98 Å². The number of aromatic nitrogens is 1. The van der Waals surface area contributed by atoms with Crippen LogP contribution in [0, 0.1) is 5.92 Å². The summed E-state index contributed by atoms with van der Waals surface area (Å²) in [4.78, 5) is 20.4. The third-order valence-corrected chi connectivity index (χ3v) is 5.52. The maximum absolute atomic E-state index is 12.5. The Morgan fingerprint density at radius 1 is 1.46 bits per heavy atom. The Bertz CT molecular complexity index is 675. The maximum atomic E-state index is 12.5. The molecule has 128 valence electrons. The molecule has 6 heteroatoms. The lowest BCUT2D eigenvalue weighted by atomic mass is 9.88.